The average molecular weight is 386 g/mol. The van der Waals surface area contributed by atoms with E-state index < -0.39 is 4.92 Å². The Morgan fingerprint density at radius 3 is 2.57 bits per heavy atom. The second-order valence-electron chi connectivity index (χ2n) is 6.40. The van der Waals surface area contributed by atoms with E-state index in [2.05, 4.69) is 40.0 Å². The number of phenols is 1. The number of hydrogen-bond donors (Lipinski definition) is 2. The molecule has 2 rings (SSSR count). The van der Waals surface area contributed by atoms with Gasteiger partial charge in [-0.05, 0) is 34.7 Å². The van der Waals surface area contributed by atoms with Crippen molar-refractivity contribution in [3.8, 4) is 5.75 Å². The van der Waals surface area contributed by atoms with Crippen molar-refractivity contribution in [3.63, 3.8) is 0 Å². The fourth-order valence-corrected chi connectivity index (χ4v) is 3.45. The normalized spacial score (nSPS) is 17.4. The van der Waals surface area contributed by atoms with Crippen LogP contribution in [-0.2, 0) is 0 Å². The minimum atomic E-state index is -0.412. The van der Waals surface area contributed by atoms with Crippen molar-refractivity contribution in [2.24, 2.45) is 5.92 Å². The summed E-state index contributed by atoms with van der Waals surface area (Å²) in [6.07, 6.45) is 1.88. The molecule has 0 aromatic heterocycles. The number of halogens is 1. The second kappa shape index (κ2) is 8.08. The molecule has 1 aliphatic heterocycles. The van der Waals surface area contributed by atoms with Gasteiger partial charge in [0.25, 0.3) is 5.69 Å². The summed E-state index contributed by atoms with van der Waals surface area (Å²) in [5.41, 5.74) is 0.656. The van der Waals surface area contributed by atoms with Gasteiger partial charge in [-0.2, -0.15) is 0 Å². The van der Waals surface area contributed by atoms with Crippen LogP contribution in [0.2, 0.25) is 0 Å². The summed E-state index contributed by atoms with van der Waals surface area (Å²) in [6.45, 7) is 7.88. The number of non-ortho nitro benzene ring substituents is 1. The largest absolute Gasteiger partial charge is 0.506 e. The highest BCUT2D eigenvalue weighted by molar-refractivity contribution is 9.10. The van der Waals surface area contributed by atoms with Crippen LogP contribution in [0.1, 0.15) is 38.3 Å². The number of nitro groups is 1. The maximum Gasteiger partial charge on any atom is 0.271 e. The van der Waals surface area contributed by atoms with Crippen LogP contribution in [0.3, 0.4) is 0 Å². The zero-order chi connectivity index (χ0) is 17.0. The lowest BCUT2D eigenvalue weighted by atomic mass is 9.94. The first kappa shape index (κ1) is 18.2. The number of hydrogen-bond acceptors (Lipinski definition) is 5. The van der Waals surface area contributed by atoms with Crippen molar-refractivity contribution in [2.75, 3.05) is 26.2 Å². The molecule has 1 fully saturated rings. The summed E-state index contributed by atoms with van der Waals surface area (Å²) in [5, 5.41) is 24.9. The number of nitrogens with zero attached hydrogens (tertiary/aromatic N) is 2. The fourth-order valence-electron chi connectivity index (χ4n) is 2.98. The Labute approximate surface area is 145 Å². The molecule has 0 saturated carbocycles. The van der Waals surface area contributed by atoms with Crippen LogP contribution in [0.15, 0.2) is 16.6 Å². The Morgan fingerprint density at radius 1 is 1.35 bits per heavy atom. The van der Waals surface area contributed by atoms with Crippen LogP contribution in [-0.4, -0.2) is 41.1 Å². The van der Waals surface area contributed by atoms with E-state index in [1.807, 2.05) is 0 Å². The van der Waals surface area contributed by atoms with Crippen molar-refractivity contribution in [2.45, 2.75) is 32.7 Å². The smallest absolute Gasteiger partial charge is 0.271 e. The van der Waals surface area contributed by atoms with Crippen molar-refractivity contribution in [1.82, 2.24) is 10.2 Å². The van der Waals surface area contributed by atoms with Gasteiger partial charge in [-0.25, -0.2) is 0 Å². The van der Waals surface area contributed by atoms with Gasteiger partial charge in [-0.1, -0.05) is 13.8 Å². The zero-order valence-electron chi connectivity index (χ0n) is 13.6. The molecule has 2 N–H and O–H groups in total. The number of nitrogens with one attached hydrogen (secondary N) is 1. The van der Waals surface area contributed by atoms with Gasteiger partial charge in [0.2, 0.25) is 0 Å². The molecular formula is C16H24BrN3O3. The number of aromatic hydroxyl groups is 1. The lowest BCUT2D eigenvalue weighted by molar-refractivity contribution is -0.385. The van der Waals surface area contributed by atoms with Crippen LogP contribution < -0.4 is 5.32 Å². The van der Waals surface area contributed by atoms with Crippen LogP contribution in [0.5, 0.6) is 5.75 Å². The number of piperazine rings is 1. The second-order valence-corrected chi connectivity index (χ2v) is 7.25. The van der Waals surface area contributed by atoms with Crippen molar-refractivity contribution in [1.29, 1.82) is 0 Å². The van der Waals surface area contributed by atoms with Gasteiger partial charge in [0, 0.05) is 49.9 Å². The molecule has 0 spiro atoms. The summed E-state index contributed by atoms with van der Waals surface area (Å²) < 4.78 is 0.381. The van der Waals surface area contributed by atoms with Gasteiger partial charge in [0.15, 0.2) is 0 Å². The molecule has 23 heavy (non-hydrogen) atoms. The molecule has 1 atom stereocenters. The van der Waals surface area contributed by atoms with E-state index in [1.54, 1.807) is 0 Å². The molecule has 0 amide bonds. The van der Waals surface area contributed by atoms with E-state index in [0.717, 1.165) is 39.0 Å². The fraction of sp³-hybridized carbons (Fsp3) is 0.625. The third-order valence-corrected chi connectivity index (χ3v) is 4.86. The van der Waals surface area contributed by atoms with E-state index >= 15 is 0 Å². The lowest BCUT2D eigenvalue weighted by Crippen LogP contribution is -2.45. The molecule has 0 unspecified atom stereocenters. The van der Waals surface area contributed by atoms with Crippen molar-refractivity contribution >= 4 is 21.6 Å². The predicted octanol–water partition coefficient (Wildman–Crippen LogP) is 3.45. The number of phenolic OH excluding ortho intramolecular Hbond substituents is 1. The standard InChI is InChI=1S/C16H24BrN3O3/c1-11(2)3-4-15(19-7-5-18-6-8-19)13-9-12(20(22)23)10-14(17)16(13)21/h9-11,15,18,21H,3-8H2,1-2H3/t15-/m1/s1. The van der Waals surface area contributed by atoms with Gasteiger partial charge in [0.05, 0.1) is 9.40 Å². The summed E-state index contributed by atoms with van der Waals surface area (Å²) >= 11 is 3.25. The van der Waals surface area contributed by atoms with Crippen LogP contribution >= 0.6 is 15.9 Å². The van der Waals surface area contributed by atoms with Gasteiger partial charge in [-0.3, -0.25) is 15.0 Å². The molecule has 1 aromatic rings. The Bertz CT molecular complexity index is 560. The maximum atomic E-state index is 11.2. The minimum absolute atomic E-state index is 0.00398. The van der Waals surface area contributed by atoms with Gasteiger partial charge in [0.1, 0.15) is 5.75 Å². The van der Waals surface area contributed by atoms with E-state index in [0.29, 0.717) is 16.0 Å². The Morgan fingerprint density at radius 2 is 2.00 bits per heavy atom. The third-order valence-electron chi connectivity index (χ3n) is 4.26. The van der Waals surface area contributed by atoms with Gasteiger partial charge in [-0.15, -0.1) is 0 Å². The number of rotatable bonds is 6. The molecule has 0 radical (unpaired) electrons. The molecule has 0 aliphatic carbocycles. The molecule has 7 heteroatoms. The van der Waals surface area contributed by atoms with Crippen LogP contribution in [0, 0.1) is 16.0 Å². The van der Waals surface area contributed by atoms with E-state index in [9.17, 15) is 15.2 Å². The first-order valence-corrected chi connectivity index (χ1v) is 8.81. The van der Waals surface area contributed by atoms with Gasteiger partial charge < -0.3 is 10.4 Å². The first-order valence-electron chi connectivity index (χ1n) is 8.01. The van der Waals surface area contributed by atoms with Crippen molar-refractivity contribution in [3.05, 3.63) is 32.3 Å². The van der Waals surface area contributed by atoms with Crippen LogP contribution in [0.25, 0.3) is 0 Å². The highest BCUT2D eigenvalue weighted by Crippen LogP contribution is 2.40. The number of benzene rings is 1. The molecule has 0 bridgehead atoms. The highest BCUT2D eigenvalue weighted by Gasteiger charge is 2.27. The van der Waals surface area contributed by atoms with E-state index in [4.69, 9.17) is 0 Å². The Hall–Kier alpha value is -1.18. The Kier molecular flexibility index (Phi) is 6.38. The quantitative estimate of drug-likeness (QED) is 0.579. The molecule has 1 aliphatic rings. The lowest BCUT2D eigenvalue weighted by Gasteiger charge is -2.36. The molecule has 128 valence electrons. The minimum Gasteiger partial charge on any atom is -0.506 e. The summed E-state index contributed by atoms with van der Waals surface area (Å²) in [6, 6.07) is 2.87. The van der Waals surface area contributed by atoms with E-state index in [-0.39, 0.29) is 17.5 Å². The number of nitro benzene ring substituents is 1. The maximum absolute atomic E-state index is 11.2. The Balaban J connectivity index is 2.38. The van der Waals surface area contributed by atoms with Gasteiger partial charge >= 0.3 is 0 Å². The summed E-state index contributed by atoms with van der Waals surface area (Å²) in [4.78, 5) is 13.1. The summed E-state index contributed by atoms with van der Waals surface area (Å²) in [5.74, 6) is 0.660. The molecule has 1 saturated heterocycles. The summed E-state index contributed by atoms with van der Waals surface area (Å²) in [7, 11) is 0. The predicted molar refractivity (Wildman–Crippen MR) is 93.7 cm³/mol. The monoisotopic (exact) mass is 385 g/mol. The SMILES string of the molecule is CC(C)CC[C@H](c1cc([N+](=O)[O-])cc(Br)c1O)N1CCNCC1. The zero-order valence-corrected chi connectivity index (χ0v) is 15.2. The topological polar surface area (TPSA) is 78.6 Å². The van der Waals surface area contributed by atoms with Crippen molar-refractivity contribution < 1.29 is 10.0 Å². The molecule has 1 aromatic carbocycles. The van der Waals surface area contributed by atoms with Crippen LogP contribution in [0.4, 0.5) is 5.69 Å². The molecule has 1 heterocycles. The average Bonchev–Trinajstić information content (AvgIpc) is 2.51. The van der Waals surface area contributed by atoms with E-state index in [1.165, 1.54) is 12.1 Å². The molecule has 6 nitrogen and oxygen atoms in total. The third kappa shape index (κ3) is 4.65. The molecular weight excluding hydrogens is 362 g/mol. The highest BCUT2D eigenvalue weighted by atomic mass is 79.9. The first-order chi connectivity index (χ1) is 10.9.